The summed E-state index contributed by atoms with van der Waals surface area (Å²) in [7, 11) is 1.38. The van der Waals surface area contributed by atoms with Crippen LogP contribution in [0, 0.1) is 6.92 Å². The molecule has 0 aliphatic carbocycles. The van der Waals surface area contributed by atoms with E-state index in [4.69, 9.17) is 10.5 Å². The van der Waals surface area contributed by atoms with Gasteiger partial charge in [-0.15, -0.1) is 0 Å². The van der Waals surface area contributed by atoms with Crippen molar-refractivity contribution in [2.45, 2.75) is 13.3 Å². The number of nitrogens with one attached hydrogen (secondary N) is 1. The van der Waals surface area contributed by atoms with E-state index in [2.05, 4.69) is 4.98 Å². The molecule has 0 unspecified atom stereocenters. The summed E-state index contributed by atoms with van der Waals surface area (Å²) in [5.74, 6) is -0.315. The molecule has 90 valence electrons. The van der Waals surface area contributed by atoms with Gasteiger partial charge < -0.3 is 15.5 Å². The first-order chi connectivity index (χ1) is 8.17. The number of hydrogen-bond donors (Lipinski definition) is 2. The van der Waals surface area contributed by atoms with Gasteiger partial charge in [0, 0.05) is 16.6 Å². The van der Waals surface area contributed by atoms with Gasteiger partial charge in [-0.3, -0.25) is 0 Å². The minimum atomic E-state index is -0.315. The summed E-state index contributed by atoms with van der Waals surface area (Å²) in [6, 6.07) is 5.51. The Morgan fingerprint density at radius 3 is 2.88 bits per heavy atom. The Hall–Kier alpha value is -1.81. The molecule has 2 aromatic rings. The molecule has 4 heteroatoms. The van der Waals surface area contributed by atoms with E-state index in [1.165, 1.54) is 12.7 Å². The molecule has 1 aromatic heterocycles. The van der Waals surface area contributed by atoms with E-state index in [0.717, 1.165) is 23.0 Å². The molecule has 0 bridgehead atoms. The Bertz CT molecular complexity index is 558. The highest BCUT2D eigenvalue weighted by Crippen LogP contribution is 2.23. The molecular formula is C13H16N2O2. The van der Waals surface area contributed by atoms with Gasteiger partial charge in [0.2, 0.25) is 0 Å². The number of hydrogen-bond acceptors (Lipinski definition) is 3. The Morgan fingerprint density at radius 2 is 2.24 bits per heavy atom. The molecular weight excluding hydrogens is 216 g/mol. The minimum absolute atomic E-state index is 0.315. The van der Waals surface area contributed by atoms with E-state index < -0.39 is 0 Å². The summed E-state index contributed by atoms with van der Waals surface area (Å²) in [5.41, 5.74) is 9.47. The van der Waals surface area contributed by atoms with Gasteiger partial charge >= 0.3 is 5.97 Å². The highest BCUT2D eigenvalue weighted by atomic mass is 16.5. The first kappa shape index (κ1) is 11.7. The van der Waals surface area contributed by atoms with Gasteiger partial charge in [0.25, 0.3) is 0 Å². The van der Waals surface area contributed by atoms with Crippen LogP contribution in [0.4, 0.5) is 0 Å². The van der Waals surface area contributed by atoms with E-state index in [-0.39, 0.29) is 5.97 Å². The molecule has 0 spiro atoms. The van der Waals surface area contributed by atoms with Crippen molar-refractivity contribution in [3.05, 3.63) is 35.0 Å². The fourth-order valence-electron chi connectivity index (χ4n) is 2.09. The van der Waals surface area contributed by atoms with Crippen LogP contribution in [0.15, 0.2) is 18.2 Å². The van der Waals surface area contributed by atoms with Crippen LogP contribution in [0.1, 0.15) is 21.6 Å². The van der Waals surface area contributed by atoms with Crippen molar-refractivity contribution in [3.8, 4) is 0 Å². The number of ether oxygens (including phenoxy) is 1. The van der Waals surface area contributed by atoms with E-state index in [9.17, 15) is 4.79 Å². The van der Waals surface area contributed by atoms with Crippen LogP contribution < -0.4 is 5.73 Å². The summed E-state index contributed by atoms with van der Waals surface area (Å²) >= 11 is 0. The van der Waals surface area contributed by atoms with Crippen LogP contribution in [0.5, 0.6) is 0 Å². The number of esters is 1. The van der Waals surface area contributed by atoms with Gasteiger partial charge in [0.15, 0.2) is 0 Å². The number of benzene rings is 1. The first-order valence-corrected chi connectivity index (χ1v) is 5.57. The highest BCUT2D eigenvalue weighted by molar-refractivity contribution is 5.96. The summed E-state index contributed by atoms with van der Waals surface area (Å²) in [4.78, 5) is 14.8. The number of aromatic nitrogens is 1. The van der Waals surface area contributed by atoms with Gasteiger partial charge in [-0.05, 0) is 43.7 Å². The number of carbonyl (C=O) groups excluding carboxylic acids is 1. The van der Waals surface area contributed by atoms with Crippen LogP contribution in [0.3, 0.4) is 0 Å². The molecule has 0 aliphatic rings. The molecule has 17 heavy (non-hydrogen) atoms. The largest absolute Gasteiger partial charge is 0.465 e. The van der Waals surface area contributed by atoms with Crippen LogP contribution >= 0.6 is 0 Å². The molecule has 0 saturated heterocycles. The predicted octanol–water partition coefficient (Wildman–Crippen LogP) is 1.76. The van der Waals surface area contributed by atoms with Gasteiger partial charge in [-0.1, -0.05) is 0 Å². The number of methoxy groups -OCH3 is 1. The summed E-state index contributed by atoms with van der Waals surface area (Å²) in [5, 5.41) is 1.05. The molecule has 3 N–H and O–H groups in total. The lowest BCUT2D eigenvalue weighted by Crippen LogP contribution is -2.04. The van der Waals surface area contributed by atoms with Crippen LogP contribution in [-0.4, -0.2) is 24.6 Å². The fourth-order valence-corrected chi connectivity index (χ4v) is 2.09. The second-order valence-corrected chi connectivity index (χ2v) is 4.02. The molecule has 2 rings (SSSR count). The second kappa shape index (κ2) is 4.59. The number of nitrogens with two attached hydrogens (primary N) is 1. The topological polar surface area (TPSA) is 68.1 Å². The zero-order valence-electron chi connectivity index (χ0n) is 10.0. The maximum absolute atomic E-state index is 11.5. The molecule has 0 atom stereocenters. The summed E-state index contributed by atoms with van der Waals surface area (Å²) in [6.45, 7) is 2.61. The van der Waals surface area contributed by atoms with Crippen molar-refractivity contribution >= 4 is 16.9 Å². The first-order valence-electron chi connectivity index (χ1n) is 5.57. The maximum atomic E-state index is 11.5. The zero-order valence-corrected chi connectivity index (χ0v) is 10.0. The van der Waals surface area contributed by atoms with Crippen molar-refractivity contribution in [2.24, 2.45) is 5.73 Å². The Balaban J connectivity index is 2.57. The maximum Gasteiger partial charge on any atom is 0.337 e. The van der Waals surface area contributed by atoms with Crippen LogP contribution in [0.2, 0.25) is 0 Å². The van der Waals surface area contributed by atoms with E-state index in [0.29, 0.717) is 12.1 Å². The third-order valence-electron chi connectivity index (χ3n) is 2.93. The molecule has 1 heterocycles. The third-order valence-corrected chi connectivity index (χ3v) is 2.93. The molecule has 0 aliphatic heterocycles. The van der Waals surface area contributed by atoms with Crippen molar-refractivity contribution in [1.29, 1.82) is 0 Å². The Kier molecular flexibility index (Phi) is 3.15. The van der Waals surface area contributed by atoms with Gasteiger partial charge in [0.05, 0.1) is 12.7 Å². The molecule has 4 nitrogen and oxygen atoms in total. The predicted molar refractivity (Wildman–Crippen MR) is 67.1 cm³/mol. The Labute approximate surface area is 99.8 Å². The monoisotopic (exact) mass is 232 g/mol. The van der Waals surface area contributed by atoms with Gasteiger partial charge in [-0.25, -0.2) is 4.79 Å². The molecule has 1 aromatic carbocycles. The lowest BCUT2D eigenvalue weighted by Gasteiger charge is -2.01. The zero-order chi connectivity index (χ0) is 12.4. The number of carbonyl (C=O) groups is 1. The summed E-state index contributed by atoms with van der Waals surface area (Å²) in [6.07, 6.45) is 0.802. The average molecular weight is 232 g/mol. The number of aryl methyl sites for hydroxylation is 1. The smallest absolute Gasteiger partial charge is 0.337 e. The number of H-pyrrole nitrogens is 1. The molecule has 0 amide bonds. The lowest BCUT2D eigenvalue weighted by atomic mass is 10.1. The van der Waals surface area contributed by atoms with Gasteiger partial charge in [-0.2, -0.15) is 0 Å². The van der Waals surface area contributed by atoms with E-state index >= 15 is 0 Å². The third kappa shape index (κ3) is 2.03. The lowest BCUT2D eigenvalue weighted by molar-refractivity contribution is 0.0601. The standard InChI is InChI=1S/C13H16N2O2/c1-8-10(5-6-14)11-7-9(13(16)17-2)3-4-12(11)15-8/h3-4,7,15H,5-6,14H2,1-2H3. The minimum Gasteiger partial charge on any atom is -0.465 e. The normalized spacial score (nSPS) is 10.8. The van der Waals surface area contributed by atoms with E-state index in [1.807, 2.05) is 19.1 Å². The van der Waals surface area contributed by atoms with Gasteiger partial charge in [0.1, 0.15) is 0 Å². The van der Waals surface area contributed by atoms with Crippen molar-refractivity contribution in [2.75, 3.05) is 13.7 Å². The quantitative estimate of drug-likeness (QED) is 0.792. The SMILES string of the molecule is COC(=O)c1ccc2[nH]c(C)c(CCN)c2c1. The van der Waals surface area contributed by atoms with Crippen molar-refractivity contribution in [3.63, 3.8) is 0 Å². The average Bonchev–Trinajstić information content (AvgIpc) is 2.65. The molecule has 0 fully saturated rings. The second-order valence-electron chi connectivity index (χ2n) is 4.02. The molecule has 0 radical (unpaired) electrons. The van der Waals surface area contributed by atoms with Crippen LogP contribution in [0.25, 0.3) is 10.9 Å². The number of aromatic amines is 1. The summed E-state index contributed by atoms with van der Waals surface area (Å²) < 4.78 is 4.72. The van der Waals surface area contributed by atoms with Crippen LogP contribution in [-0.2, 0) is 11.2 Å². The fraction of sp³-hybridized carbons (Fsp3) is 0.308. The van der Waals surface area contributed by atoms with Crippen molar-refractivity contribution < 1.29 is 9.53 Å². The Morgan fingerprint density at radius 1 is 1.47 bits per heavy atom. The highest BCUT2D eigenvalue weighted by Gasteiger charge is 2.11. The van der Waals surface area contributed by atoms with Crippen molar-refractivity contribution in [1.82, 2.24) is 4.98 Å². The molecule has 0 saturated carbocycles. The van der Waals surface area contributed by atoms with E-state index in [1.54, 1.807) is 6.07 Å². The number of fused-ring (bicyclic) bond motifs is 1. The number of rotatable bonds is 3.